The largest absolute Gasteiger partial charge is 0.460 e. The number of esters is 1. The monoisotopic (exact) mass is 400 g/mol. The van der Waals surface area contributed by atoms with Crippen molar-refractivity contribution in [1.29, 1.82) is 0 Å². The molecule has 2 rings (SSSR count). The van der Waals surface area contributed by atoms with Crippen molar-refractivity contribution in [3.8, 4) is 0 Å². The van der Waals surface area contributed by atoms with E-state index in [1.165, 1.54) is 6.92 Å². The molecule has 1 fully saturated rings. The number of hydrogen-bond acceptors (Lipinski definition) is 2. The molecule has 0 heterocycles. The molecule has 2 nitrogen and oxygen atoms in total. The number of allylic oxidation sites excluding steroid dienone is 2. The van der Waals surface area contributed by atoms with E-state index in [9.17, 15) is 31.1 Å². The van der Waals surface area contributed by atoms with E-state index >= 15 is 0 Å². The van der Waals surface area contributed by atoms with Gasteiger partial charge in [-0.2, -0.15) is 13.2 Å². The molecule has 0 spiro atoms. The van der Waals surface area contributed by atoms with E-state index in [1.807, 2.05) is 0 Å². The van der Waals surface area contributed by atoms with Crippen LogP contribution in [-0.2, 0) is 16.1 Å². The highest BCUT2D eigenvalue weighted by Gasteiger charge is 2.62. The van der Waals surface area contributed by atoms with Gasteiger partial charge in [-0.3, -0.25) is 4.79 Å². The summed E-state index contributed by atoms with van der Waals surface area (Å²) in [5.74, 6) is -6.42. The molecule has 26 heavy (non-hydrogen) atoms. The fourth-order valence-corrected chi connectivity index (χ4v) is 2.97. The number of benzene rings is 1. The van der Waals surface area contributed by atoms with Gasteiger partial charge in [-0.1, -0.05) is 31.5 Å². The average Bonchev–Trinajstić information content (AvgIpc) is 3.04. The van der Waals surface area contributed by atoms with Crippen LogP contribution in [0.5, 0.6) is 0 Å². The number of ether oxygens (including phenoxy) is 1. The van der Waals surface area contributed by atoms with E-state index in [-0.39, 0.29) is 5.56 Å². The highest BCUT2D eigenvalue weighted by atomic mass is 35.5. The minimum Gasteiger partial charge on any atom is -0.460 e. The molecule has 1 aliphatic rings. The molecule has 0 aliphatic heterocycles. The van der Waals surface area contributed by atoms with Gasteiger partial charge in [0.25, 0.3) is 0 Å². The second kappa shape index (κ2) is 6.79. The Morgan fingerprint density at radius 2 is 1.85 bits per heavy atom. The van der Waals surface area contributed by atoms with E-state index < -0.39 is 64.1 Å². The van der Waals surface area contributed by atoms with Gasteiger partial charge in [0, 0.05) is 11.6 Å². The molecular formula is C17H15ClF6O2. The van der Waals surface area contributed by atoms with Crippen LogP contribution in [0.4, 0.5) is 26.3 Å². The maximum atomic E-state index is 13.8. The van der Waals surface area contributed by atoms with E-state index in [0.717, 1.165) is 6.08 Å². The lowest BCUT2D eigenvalue weighted by Gasteiger charge is -2.10. The molecule has 144 valence electrons. The van der Waals surface area contributed by atoms with Crippen LogP contribution in [0.2, 0.25) is 0 Å². The van der Waals surface area contributed by atoms with E-state index in [4.69, 9.17) is 16.3 Å². The third-order valence-electron chi connectivity index (χ3n) is 4.66. The molecule has 0 aromatic heterocycles. The van der Waals surface area contributed by atoms with Gasteiger partial charge >= 0.3 is 12.1 Å². The van der Waals surface area contributed by atoms with Gasteiger partial charge in [0.1, 0.15) is 17.5 Å². The molecule has 1 aliphatic carbocycles. The van der Waals surface area contributed by atoms with Crippen LogP contribution in [0.15, 0.2) is 17.2 Å². The van der Waals surface area contributed by atoms with E-state index in [0.29, 0.717) is 6.07 Å². The van der Waals surface area contributed by atoms with Crippen LogP contribution in [0.1, 0.15) is 25.0 Å². The minimum absolute atomic E-state index is 0.219. The number of alkyl halides is 3. The third kappa shape index (κ3) is 3.84. The average molecular weight is 401 g/mol. The molecular weight excluding hydrogens is 386 g/mol. The summed E-state index contributed by atoms with van der Waals surface area (Å²) in [7, 11) is 0. The van der Waals surface area contributed by atoms with Crippen molar-refractivity contribution >= 4 is 17.6 Å². The molecule has 1 saturated carbocycles. The first-order valence-corrected chi connectivity index (χ1v) is 7.90. The lowest BCUT2D eigenvalue weighted by atomic mass is 10.1. The molecule has 2 atom stereocenters. The summed E-state index contributed by atoms with van der Waals surface area (Å²) < 4.78 is 83.0. The Balaban J connectivity index is 2.13. The van der Waals surface area contributed by atoms with Crippen molar-refractivity contribution in [3.05, 3.63) is 45.8 Å². The number of halogens is 7. The van der Waals surface area contributed by atoms with Crippen LogP contribution >= 0.6 is 11.6 Å². The van der Waals surface area contributed by atoms with Crippen LogP contribution in [0.25, 0.3) is 0 Å². The first-order chi connectivity index (χ1) is 11.8. The van der Waals surface area contributed by atoms with Crippen molar-refractivity contribution in [2.75, 3.05) is 0 Å². The standard InChI is InChI=1S/C17H15ClF6O2/c1-7-8(14(21)11(20)5-10(7)19)6-26-15(25)13-9(16(13,2)3)4-12(18)17(22,23)24/h4-5,9,13H,6H2,1-3H3/b12-4-/t9-,13-/m1/s1. The number of hydrogen-bond donors (Lipinski definition) is 0. The lowest BCUT2D eigenvalue weighted by Crippen LogP contribution is -2.13. The van der Waals surface area contributed by atoms with Crippen molar-refractivity contribution in [3.63, 3.8) is 0 Å². The Kier molecular flexibility index (Phi) is 5.38. The lowest BCUT2D eigenvalue weighted by molar-refractivity contribution is -0.147. The summed E-state index contributed by atoms with van der Waals surface area (Å²) in [5.41, 5.74) is -1.53. The fraction of sp³-hybridized carbons (Fsp3) is 0.471. The molecule has 0 radical (unpaired) electrons. The number of carbonyl (C=O) groups excluding carboxylic acids is 1. The van der Waals surface area contributed by atoms with Crippen LogP contribution in [0.3, 0.4) is 0 Å². The van der Waals surface area contributed by atoms with Crippen molar-refractivity contribution in [2.45, 2.75) is 33.6 Å². The Morgan fingerprint density at radius 1 is 1.27 bits per heavy atom. The minimum atomic E-state index is -4.73. The summed E-state index contributed by atoms with van der Waals surface area (Å²) in [5, 5.41) is -1.35. The molecule has 0 unspecified atom stereocenters. The molecule has 0 saturated heterocycles. The zero-order valence-electron chi connectivity index (χ0n) is 14.0. The third-order valence-corrected chi connectivity index (χ3v) is 5.00. The Hall–Kier alpha value is -1.70. The van der Waals surface area contributed by atoms with Gasteiger partial charge in [0.05, 0.1) is 5.92 Å². The number of carbonyl (C=O) groups is 1. The number of rotatable bonds is 4. The van der Waals surface area contributed by atoms with Crippen molar-refractivity contribution in [2.24, 2.45) is 17.3 Å². The Bertz CT molecular complexity index is 743. The summed E-state index contributed by atoms with van der Waals surface area (Å²) in [6.45, 7) is 3.56. The van der Waals surface area contributed by atoms with Crippen LogP contribution in [-0.4, -0.2) is 12.1 Å². The molecule has 0 bridgehead atoms. The molecule has 9 heteroatoms. The SMILES string of the molecule is Cc1c(F)cc(F)c(F)c1COC(=O)[C@H]1[C@@H](/C=C(\Cl)C(F)(F)F)C1(C)C. The van der Waals surface area contributed by atoms with Crippen molar-refractivity contribution < 1.29 is 35.9 Å². The molecule has 0 amide bonds. The fourth-order valence-electron chi connectivity index (χ4n) is 2.83. The Morgan fingerprint density at radius 3 is 2.38 bits per heavy atom. The van der Waals surface area contributed by atoms with Gasteiger partial charge in [0.2, 0.25) is 0 Å². The smallest absolute Gasteiger partial charge is 0.426 e. The highest BCUT2D eigenvalue weighted by Crippen LogP contribution is 2.60. The zero-order chi connectivity index (χ0) is 20.0. The van der Waals surface area contributed by atoms with Gasteiger partial charge < -0.3 is 4.74 Å². The topological polar surface area (TPSA) is 26.3 Å². The predicted octanol–water partition coefficient (Wildman–Crippen LogP) is 5.41. The normalized spacial score (nSPS) is 22.3. The first kappa shape index (κ1) is 20.6. The van der Waals surface area contributed by atoms with Gasteiger partial charge in [0.15, 0.2) is 11.6 Å². The van der Waals surface area contributed by atoms with Gasteiger partial charge in [-0.05, 0) is 23.8 Å². The van der Waals surface area contributed by atoms with Gasteiger partial charge in [-0.15, -0.1) is 0 Å². The van der Waals surface area contributed by atoms with Crippen molar-refractivity contribution in [1.82, 2.24) is 0 Å². The molecule has 1 aromatic carbocycles. The molecule has 1 aromatic rings. The van der Waals surface area contributed by atoms with Gasteiger partial charge in [-0.25, -0.2) is 13.2 Å². The Labute approximate surface area is 150 Å². The van der Waals surface area contributed by atoms with E-state index in [1.54, 1.807) is 13.8 Å². The summed E-state index contributed by atoms with van der Waals surface area (Å²) in [6, 6.07) is 0.375. The second-order valence-electron chi connectivity index (χ2n) is 6.70. The maximum absolute atomic E-state index is 13.8. The predicted molar refractivity (Wildman–Crippen MR) is 81.6 cm³/mol. The molecule has 0 N–H and O–H groups in total. The first-order valence-electron chi connectivity index (χ1n) is 7.52. The second-order valence-corrected chi connectivity index (χ2v) is 7.11. The maximum Gasteiger partial charge on any atom is 0.426 e. The van der Waals surface area contributed by atoms with Crippen LogP contribution < -0.4 is 0 Å². The summed E-state index contributed by atoms with van der Waals surface area (Å²) in [4.78, 5) is 12.1. The highest BCUT2D eigenvalue weighted by molar-refractivity contribution is 6.30. The van der Waals surface area contributed by atoms with E-state index in [2.05, 4.69) is 0 Å². The van der Waals surface area contributed by atoms with Crippen LogP contribution in [0, 0.1) is 41.6 Å². The zero-order valence-corrected chi connectivity index (χ0v) is 14.7. The quantitative estimate of drug-likeness (QED) is 0.383. The summed E-state index contributed by atoms with van der Waals surface area (Å²) in [6.07, 6.45) is -3.99. The summed E-state index contributed by atoms with van der Waals surface area (Å²) >= 11 is 5.19.